The summed E-state index contributed by atoms with van der Waals surface area (Å²) in [6.45, 7) is 3.74. The Morgan fingerprint density at radius 1 is 1.15 bits per heavy atom. The van der Waals surface area contributed by atoms with E-state index in [2.05, 4.69) is 0 Å². The number of methoxy groups -OCH3 is 1. The lowest BCUT2D eigenvalue weighted by Gasteiger charge is -2.11. The molecule has 3 rings (SSSR count). The number of ether oxygens (including phenoxy) is 1. The van der Waals surface area contributed by atoms with E-state index in [-0.39, 0.29) is 12.3 Å². The standard InChI is InChI=1S/C20H19ClN2O4/c1-11-12(2)23(20(25)13-4-6-14(21)7-5-13)16-8-9-17(27-3)15(19(11)16)10-18(24)22-26/h4-9,26H,10H2,1-3H3,(H,22,24). The molecule has 0 aliphatic rings. The van der Waals surface area contributed by atoms with Crippen LogP contribution in [0.25, 0.3) is 10.9 Å². The fraction of sp³-hybridized carbons (Fsp3) is 0.200. The average molecular weight is 387 g/mol. The number of hydrogen-bond donors (Lipinski definition) is 2. The van der Waals surface area contributed by atoms with Crippen LogP contribution in [0.2, 0.25) is 5.02 Å². The number of carbonyl (C=O) groups excluding carboxylic acids is 2. The van der Waals surface area contributed by atoms with Crippen molar-refractivity contribution in [2.45, 2.75) is 20.3 Å². The summed E-state index contributed by atoms with van der Waals surface area (Å²) in [5.74, 6) is -0.232. The highest BCUT2D eigenvalue weighted by molar-refractivity contribution is 6.30. The van der Waals surface area contributed by atoms with E-state index in [9.17, 15) is 9.59 Å². The fourth-order valence-corrected chi connectivity index (χ4v) is 3.43. The van der Waals surface area contributed by atoms with Crippen molar-refractivity contribution in [1.29, 1.82) is 0 Å². The number of rotatable bonds is 4. The number of hydrogen-bond acceptors (Lipinski definition) is 4. The molecule has 0 saturated heterocycles. The third-order valence-corrected chi connectivity index (χ3v) is 4.97. The summed E-state index contributed by atoms with van der Waals surface area (Å²) in [6, 6.07) is 10.2. The van der Waals surface area contributed by atoms with Gasteiger partial charge in [-0.2, -0.15) is 0 Å². The number of carbonyl (C=O) groups is 2. The smallest absolute Gasteiger partial charge is 0.262 e. The Kier molecular flexibility index (Phi) is 5.21. The molecule has 6 nitrogen and oxygen atoms in total. The van der Waals surface area contributed by atoms with Gasteiger partial charge in [0.05, 0.1) is 19.0 Å². The summed E-state index contributed by atoms with van der Waals surface area (Å²) < 4.78 is 7.01. The Morgan fingerprint density at radius 3 is 2.41 bits per heavy atom. The quantitative estimate of drug-likeness (QED) is 0.529. The molecule has 0 aliphatic carbocycles. The number of aryl methyl sites for hydroxylation is 1. The monoisotopic (exact) mass is 386 g/mol. The van der Waals surface area contributed by atoms with Gasteiger partial charge in [-0.3, -0.25) is 19.4 Å². The van der Waals surface area contributed by atoms with Crippen LogP contribution in [0.3, 0.4) is 0 Å². The largest absolute Gasteiger partial charge is 0.496 e. The molecule has 0 atom stereocenters. The number of nitrogens with one attached hydrogen (secondary N) is 1. The molecule has 1 amide bonds. The van der Waals surface area contributed by atoms with Crippen molar-refractivity contribution >= 4 is 34.3 Å². The lowest BCUT2D eigenvalue weighted by Crippen LogP contribution is -2.21. The summed E-state index contributed by atoms with van der Waals surface area (Å²) in [5.41, 5.74) is 5.07. The minimum Gasteiger partial charge on any atom is -0.496 e. The molecule has 140 valence electrons. The number of aromatic nitrogens is 1. The van der Waals surface area contributed by atoms with E-state index in [1.807, 2.05) is 13.8 Å². The highest BCUT2D eigenvalue weighted by Crippen LogP contribution is 2.35. The van der Waals surface area contributed by atoms with E-state index < -0.39 is 5.91 Å². The number of nitrogens with zero attached hydrogens (tertiary/aromatic N) is 1. The summed E-state index contributed by atoms with van der Waals surface area (Å²) in [5, 5.41) is 10.2. The van der Waals surface area contributed by atoms with Crippen LogP contribution in [-0.2, 0) is 11.2 Å². The van der Waals surface area contributed by atoms with Crippen molar-refractivity contribution in [2.24, 2.45) is 0 Å². The molecule has 0 radical (unpaired) electrons. The van der Waals surface area contributed by atoms with Gasteiger partial charge in [-0.25, -0.2) is 5.48 Å². The van der Waals surface area contributed by atoms with Gasteiger partial charge in [0.15, 0.2) is 0 Å². The Bertz CT molecular complexity index is 1040. The number of benzene rings is 2. The van der Waals surface area contributed by atoms with Crippen LogP contribution >= 0.6 is 11.6 Å². The molecule has 2 aromatic carbocycles. The molecule has 0 saturated carbocycles. The zero-order valence-electron chi connectivity index (χ0n) is 15.2. The molecule has 0 unspecified atom stereocenters. The maximum Gasteiger partial charge on any atom is 0.262 e. The molecule has 0 bridgehead atoms. The Hall–Kier alpha value is -2.83. The minimum absolute atomic E-state index is 0.0730. The first-order valence-electron chi connectivity index (χ1n) is 8.29. The molecule has 7 heteroatoms. The SMILES string of the molecule is COc1ccc2c(c(C)c(C)n2C(=O)c2ccc(Cl)cc2)c1CC(=O)NO. The predicted molar refractivity (Wildman–Crippen MR) is 103 cm³/mol. The van der Waals surface area contributed by atoms with Crippen molar-refractivity contribution in [3.63, 3.8) is 0 Å². The van der Waals surface area contributed by atoms with Crippen molar-refractivity contribution in [3.05, 3.63) is 63.8 Å². The first-order chi connectivity index (χ1) is 12.9. The zero-order chi connectivity index (χ0) is 19.7. The van der Waals surface area contributed by atoms with Gasteiger partial charge in [-0.15, -0.1) is 0 Å². The Balaban J connectivity index is 2.25. The van der Waals surface area contributed by atoms with Gasteiger partial charge in [-0.1, -0.05) is 11.6 Å². The number of hydroxylamine groups is 1. The normalized spacial score (nSPS) is 10.9. The van der Waals surface area contributed by atoms with Gasteiger partial charge in [0.2, 0.25) is 5.91 Å². The highest BCUT2D eigenvalue weighted by atomic mass is 35.5. The van der Waals surface area contributed by atoms with Crippen molar-refractivity contribution in [2.75, 3.05) is 7.11 Å². The molecule has 3 aromatic rings. The predicted octanol–water partition coefficient (Wildman–Crippen LogP) is 3.66. The minimum atomic E-state index is -0.561. The summed E-state index contributed by atoms with van der Waals surface area (Å²) in [7, 11) is 1.51. The van der Waals surface area contributed by atoms with Crippen LogP contribution in [0, 0.1) is 13.8 Å². The molecule has 0 aliphatic heterocycles. The molecule has 0 fully saturated rings. The second kappa shape index (κ2) is 7.42. The molecule has 1 aromatic heterocycles. The van der Waals surface area contributed by atoms with E-state index >= 15 is 0 Å². The van der Waals surface area contributed by atoms with Gasteiger partial charge in [0, 0.05) is 27.2 Å². The summed E-state index contributed by atoms with van der Waals surface area (Å²) in [4.78, 5) is 24.9. The van der Waals surface area contributed by atoms with Crippen molar-refractivity contribution in [3.8, 4) is 5.75 Å². The van der Waals surface area contributed by atoms with E-state index in [1.54, 1.807) is 46.4 Å². The number of halogens is 1. The molecular formula is C20H19ClN2O4. The second-order valence-electron chi connectivity index (χ2n) is 6.21. The molecule has 1 heterocycles. The summed E-state index contributed by atoms with van der Waals surface area (Å²) >= 11 is 5.92. The average Bonchev–Trinajstić information content (AvgIpc) is 2.93. The van der Waals surface area contributed by atoms with Gasteiger partial charge < -0.3 is 4.74 Å². The second-order valence-corrected chi connectivity index (χ2v) is 6.65. The zero-order valence-corrected chi connectivity index (χ0v) is 15.9. The van der Waals surface area contributed by atoms with Crippen LogP contribution in [-0.4, -0.2) is 28.7 Å². The molecule has 27 heavy (non-hydrogen) atoms. The maximum absolute atomic E-state index is 13.1. The van der Waals surface area contributed by atoms with E-state index in [4.69, 9.17) is 21.5 Å². The van der Waals surface area contributed by atoms with Crippen LogP contribution < -0.4 is 10.2 Å². The van der Waals surface area contributed by atoms with E-state index in [0.29, 0.717) is 27.4 Å². The number of amides is 1. The van der Waals surface area contributed by atoms with E-state index in [0.717, 1.165) is 16.6 Å². The van der Waals surface area contributed by atoms with Crippen molar-refractivity contribution < 1.29 is 19.5 Å². The third-order valence-electron chi connectivity index (χ3n) is 4.72. The number of fused-ring (bicyclic) bond motifs is 1. The highest BCUT2D eigenvalue weighted by Gasteiger charge is 2.23. The van der Waals surface area contributed by atoms with Crippen LogP contribution in [0.4, 0.5) is 0 Å². The third kappa shape index (κ3) is 3.29. The fourth-order valence-electron chi connectivity index (χ4n) is 3.30. The Morgan fingerprint density at radius 2 is 1.81 bits per heavy atom. The first-order valence-corrected chi connectivity index (χ1v) is 8.67. The van der Waals surface area contributed by atoms with Crippen LogP contribution in [0.15, 0.2) is 36.4 Å². The first kappa shape index (κ1) is 18.9. The maximum atomic E-state index is 13.1. The van der Waals surface area contributed by atoms with Crippen LogP contribution in [0.5, 0.6) is 5.75 Å². The van der Waals surface area contributed by atoms with Gasteiger partial charge >= 0.3 is 0 Å². The van der Waals surface area contributed by atoms with Crippen molar-refractivity contribution in [1.82, 2.24) is 10.0 Å². The lowest BCUT2D eigenvalue weighted by atomic mass is 10.0. The molecule has 0 spiro atoms. The van der Waals surface area contributed by atoms with E-state index in [1.165, 1.54) is 7.11 Å². The topological polar surface area (TPSA) is 80.6 Å². The van der Waals surface area contributed by atoms with Crippen LogP contribution in [0.1, 0.15) is 27.2 Å². The van der Waals surface area contributed by atoms with Gasteiger partial charge in [-0.05, 0) is 55.8 Å². The molecular weight excluding hydrogens is 368 g/mol. The van der Waals surface area contributed by atoms with Gasteiger partial charge in [0.1, 0.15) is 5.75 Å². The lowest BCUT2D eigenvalue weighted by molar-refractivity contribution is -0.128. The molecule has 2 N–H and O–H groups in total. The van der Waals surface area contributed by atoms with Gasteiger partial charge in [0.25, 0.3) is 5.91 Å². The Labute approximate surface area is 161 Å². The summed E-state index contributed by atoms with van der Waals surface area (Å²) in [6.07, 6.45) is -0.0730.